The molecule has 22 heavy (non-hydrogen) atoms. The Morgan fingerprint density at radius 2 is 2.18 bits per heavy atom. The fourth-order valence-corrected chi connectivity index (χ4v) is 3.89. The number of nitro groups is 1. The summed E-state index contributed by atoms with van der Waals surface area (Å²) in [5, 5.41) is 10.8. The topological polar surface area (TPSA) is 68.4 Å². The number of aryl methyl sites for hydroxylation is 1. The lowest BCUT2D eigenvalue weighted by Crippen LogP contribution is -2.31. The van der Waals surface area contributed by atoms with Gasteiger partial charge in [-0.05, 0) is 18.2 Å². The van der Waals surface area contributed by atoms with Crippen LogP contribution in [-0.2, 0) is 7.05 Å². The maximum absolute atomic E-state index is 12.7. The molecule has 0 N–H and O–H groups in total. The van der Waals surface area contributed by atoms with Crippen LogP contribution in [0.15, 0.2) is 42.6 Å². The smallest absolute Gasteiger partial charge is 0.270 e. The van der Waals surface area contributed by atoms with Crippen LogP contribution in [0.2, 0.25) is 0 Å². The number of nitrogens with zero attached hydrogens (tertiary/aromatic N) is 3. The predicted molar refractivity (Wildman–Crippen MR) is 84.7 cm³/mol. The first-order chi connectivity index (χ1) is 10.6. The third-order valence-corrected chi connectivity index (χ3v) is 4.92. The molecule has 0 aliphatic carbocycles. The normalized spacial score (nSPS) is 17.7. The third-order valence-electron chi connectivity index (χ3n) is 3.69. The van der Waals surface area contributed by atoms with Crippen molar-refractivity contribution in [2.24, 2.45) is 7.05 Å². The molecule has 1 fully saturated rings. The quantitative estimate of drug-likeness (QED) is 0.645. The van der Waals surface area contributed by atoms with Gasteiger partial charge in [-0.3, -0.25) is 14.9 Å². The number of non-ortho nitro benzene ring substituents is 1. The molecule has 6 nitrogen and oxygen atoms in total. The van der Waals surface area contributed by atoms with Crippen molar-refractivity contribution in [1.82, 2.24) is 9.47 Å². The maximum atomic E-state index is 12.7. The summed E-state index contributed by atoms with van der Waals surface area (Å²) in [5.41, 5.74) is 1.35. The molecule has 3 rings (SSSR count). The first kappa shape index (κ1) is 14.6. The number of thioether (sulfide) groups is 1. The number of carbonyl (C=O) groups is 1. The van der Waals surface area contributed by atoms with Crippen molar-refractivity contribution >= 4 is 23.4 Å². The highest BCUT2D eigenvalue weighted by Crippen LogP contribution is 2.38. The number of carbonyl (C=O) groups excluding carboxylic acids is 1. The summed E-state index contributed by atoms with van der Waals surface area (Å²) >= 11 is 1.71. The number of aromatic nitrogens is 1. The lowest BCUT2D eigenvalue weighted by atomic mass is 10.1. The van der Waals surface area contributed by atoms with Gasteiger partial charge in [0.05, 0.1) is 10.6 Å². The first-order valence-corrected chi connectivity index (χ1v) is 7.91. The lowest BCUT2D eigenvalue weighted by Gasteiger charge is -2.24. The molecule has 0 spiro atoms. The fourth-order valence-electron chi connectivity index (χ4n) is 2.57. The van der Waals surface area contributed by atoms with E-state index in [1.54, 1.807) is 28.8 Å². The molecule has 0 saturated carbocycles. The van der Waals surface area contributed by atoms with Gasteiger partial charge in [-0.2, -0.15) is 0 Å². The number of rotatable bonds is 3. The molecule has 1 unspecified atom stereocenters. The summed E-state index contributed by atoms with van der Waals surface area (Å²) in [6.45, 7) is 0.641. The number of amides is 1. The Morgan fingerprint density at radius 1 is 1.36 bits per heavy atom. The van der Waals surface area contributed by atoms with Gasteiger partial charge in [0.1, 0.15) is 5.37 Å². The van der Waals surface area contributed by atoms with Crippen molar-refractivity contribution in [3.63, 3.8) is 0 Å². The number of hydrogen-bond acceptors (Lipinski definition) is 4. The zero-order chi connectivity index (χ0) is 15.7. The average molecular weight is 317 g/mol. The van der Waals surface area contributed by atoms with Gasteiger partial charge < -0.3 is 9.47 Å². The SMILES string of the molecule is Cn1cccc1C1SCCN1C(=O)c1cccc([N+](=O)[O-])c1. The van der Waals surface area contributed by atoms with Gasteiger partial charge in [0, 0.05) is 43.2 Å². The van der Waals surface area contributed by atoms with Gasteiger partial charge in [-0.1, -0.05) is 6.07 Å². The van der Waals surface area contributed by atoms with Crippen LogP contribution >= 0.6 is 11.8 Å². The Balaban J connectivity index is 1.89. The molecule has 2 heterocycles. The summed E-state index contributed by atoms with van der Waals surface area (Å²) in [6, 6.07) is 9.85. The Labute approximate surface area is 131 Å². The van der Waals surface area contributed by atoms with Crippen LogP contribution in [0.1, 0.15) is 21.4 Å². The van der Waals surface area contributed by atoms with Gasteiger partial charge in [0.15, 0.2) is 0 Å². The monoisotopic (exact) mass is 317 g/mol. The molecular formula is C15H15N3O3S. The van der Waals surface area contributed by atoms with E-state index in [-0.39, 0.29) is 17.0 Å². The van der Waals surface area contributed by atoms with Gasteiger partial charge in [0.25, 0.3) is 11.6 Å². The van der Waals surface area contributed by atoms with Crippen molar-refractivity contribution in [2.75, 3.05) is 12.3 Å². The maximum Gasteiger partial charge on any atom is 0.270 e. The largest absolute Gasteiger partial charge is 0.352 e. The molecule has 1 amide bonds. The van der Waals surface area contributed by atoms with Crippen molar-refractivity contribution in [2.45, 2.75) is 5.37 Å². The molecule has 114 valence electrons. The third kappa shape index (κ3) is 2.59. The Bertz CT molecular complexity index is 728. The molecule has 1 aliphatic rings. The molecule has 2 aromatic rings. The Morgan fingerprint density at radius 3 is 2.86 bits per heavy atom. The van der Waals surface area contributed by atoms with Crippen molar-refractivity contribution in [1.29, 1.82) is 0 Å². The summed E-state index contributed by atoms with van der Waals surface area (Å²) < 4.78 is 2.00. The van der Waals surface area contributed by atoms with Crippen LogP contribution in [0, 0.1) is 10.1 Å². The van der Waals surface area contributed by atoms with Crippen LogP contribution in [0.3, 0.4) is 0 Å². The second kappa shape index (κ2) is 5.84. The predicted octanol–water partition coefficient (Wildman–Crippen LogP) is 2.82. The van der Waals surface area contributed by atoms with Crippen molar-refractivity contribution in [3.8, 4) is 0 Å². The summed E-state index contributed by atoms with van der Waals surface area (Å²) in [5.74, 6) is 0.691. The van der Waals surface area contributed by atoms with E-state index in [9.17, 15) is 14.9 Å². The molecule has 7 heteroatoms. The number of nitro benzene ring substituents is 1. The minimum atomic E-state index is -0.482. The van der Waals surface area contributed by atoms with E-state index >= 15 is 0 Å². The van der Waals surface area contributed by atoms with Crippen molar-refractivity contribution in [3.05, 3.63) is 64.0 Å². The highest BCUT2D eigenvalue weighted by molar-refractivity contribution is 7.99. The van der Waals surface area contributed by atoms with Crippen LogP contribution in [0.5, 0.6) is 0 Å². The van der Waals surface area contributed by atoms with Crippen LogP contribution in [-0.4, -0.2) is 32.6 Å². The standard InChI is InChI=1S/C15H15N3O3S/c1-16-7-3-6-13(16)15-17(8-9-22-15)14(19)11-4-2-5-12(10-11)18(20)21/h2-7,10,15H,8-9H2,1H3. The highest BCUT2D eigenvalue weighted by Gasteiger charge is 2.32. The Kier molecular flexibility index (Phi) is 3.89. The van der Waals surface area contributed by atoms with E-state index in [4.69, 9.17) is 0 Å². The van der Waals surface area contributed by atoms with E-state index in [1.807, 2.05) is 29.9 Å². The number of hydrogen-bond donors (Lipinski definition) is 0. The molecule has 1 aliphatic heterocycles. The summed E-state index contributed by atoms with van der Waals surface area (Å²) in [7, 11) is 1.95. The van der Waals surface area contributed by atoms with Crippen LogP contribution in [0.4, 0.5) is 5.69 Å². The molecular weight excluding hydrogens is 302 g/mol. The molecule has 1 aromatic heterocycles. The highest BCUT2D eigenvalue weighted by atomic mass is 32.2. The Hall–Kier alpha value is -2.28. The number of benzene rings is 1. The molecule has 1 aromatic carbocycles. The summed E-state index contributed by atoms with van der Waals surface area (Å²) in [6.07, 6.45) is 1.95. The lowest BCUT2D eigenvalue weighted by molar-refractivity contribution is -0.384. The van der Waals surface area contributed by atoms with E-state index in [0.29, 0.717) is 12.1 Å². The van der Waals surface area contributed by atoms with E-state index in [1.165, 1.54) is 12.1 Å². The second-order valence-electron chi connectivity index (χ2n) is 5.07. The minimum absolute atomic E-state index is 0.0493. The molecule has 1 saturated heterocycles. The van der Waals surface area contributed by atoms with Crippen LogP contribution < -0.4 is 0 Å². The average Bonchev–Trinajstić information content (AvgIpc) is 3.14. The van der Waals surface area contributed by atoms with E-state index < -0.39 is 4.92 Å². The van der Waals surface area contributed by atoms with Crippen LogP contribution in [0.25, 0.3) is 0 Å². The summed E-state index contributed by atoms with van der Waals surface area (Å²) in [4.78, 5) is 24.9. The van der Waals surface area contributed by atoms with Gasteiger partial charge in [-0.25, -0.2) is 0 Å². The van der Waals surface area contributed by atoms with Gasteiger partial charge >= 0.3 is 0 Å². The van der Waals surface area contributed by atoms with Crippen molar-refractivity contribution < 1.29 is 9.72 Å². The molecule has 1 atom stereocenters. The molecule has 0 radical (unpaired) electrons. The minimum Gasteiger partial charge on any atom is -0.352 e. The van der Waals surface area contributed by atoms with Gasteiger partial charge in [0.2, 0.25) is 0 Å². The fraction of sp³-hybridized carbons (Fsp3) is 0.267. The van der Waals surface area contributed by atoms with E-state index in [2.05, 4.69) is 0 Å². The zero-order valence-electron chi connectivity index (χ0n) is 12.0. The second-order valence-corrected chi connectivity index (χ2v) is 6.26. The zero-order valence-corrected chi connectivity index (χ0v) is 12.8. The first-order valence-electron chi connectivity index (χ1n) is 6.86. The van der Waals surface area contributed by atoms with Gasteiger partial charge in [-0.15, -0.1) is 11.8 Å². The van der Waals surface area contributed by atoms with E-state index in [0.717, 1.165) is 11.4 Å². The molecule has 0 bridgehead atoms.